The highest BCUT2D eigenvalue weighted by Crippen LogP contribution is 2.28. The summed E-state index contributed by atoms with van der Waals surface area (Å²) in [4.78, 5) is 4.23. The van der Waals surface area contributed by atoms with E-state index >= 15 is 0 Å². The zero-order valence-electron chi connectivity index (χ0n) is 10.5. The summed E-state index contributed by atoms with van der Waals surface area (Å²) < 4.78 is 18.3. The van der Waals surface area contributed by atoms with Gasteiger partial charge < -0.3 is 10.3 Å². The van der Waals surface area contributed by atoms with Crippen molar-refractivity contribution in [3.63, 3.8) is 0 Å². The molecule has 7 heteroatoms. The van der Waals surface area contributed by atoms with Crippen LogP contribution in [0.4, 0.5) is 10.1 Å². The van der Waals surface area contributed by atoms with E-state index < -0.39 is 5.82 Å². The maximum atomic E-state index is 13.1. The predicted octanol–water partition coefficient (Wildman–Crippen LogP) is 4.43. The number of halogens is 3. The molecular formula is C14H8Cl2FN3O. The van der Waals surface area contributed by atoms with E-state index in [2.05, 4.69) is 10.1 Å². The predicted molar refractivity (Wildman–Crippen MR) is 79.6 cm³/mol. The fourth-order valence-corrected chi connectivity index (χ4v) is 2.07. The third kappa shape index (κ3) is 2.70. The Hall–Kier alpha value is -2.11. The van der Waals surface area contributed by atoms with E-state index in [4.69, 9.17) is 33.5 Å². The van der Waals surface area contributed by atoms with Gasteiger partial charge in [-0.15, -0.1) is 0 Å². The molecule has 4 nitrogen and oxygen atoms in total. The van der Waals surface area contributed by atoms with Crippen LogP contribution in [0.5, 0.6) is 0 Å². The number of aromatic nitrogens is 2. The van der Waals surface area contributed by atoms with E-state index in [1.165, 1.54) is 18.2 Å². The number of hydrogen-bond donors (Lipinski definition) is 1. The molecule has 3 aromatic rings. The summed E-state index contributed by atoms with van der Waals surface area (Å²) in [5, 5.41) is 4.29. The van der Waals surface area contributed by atoms with Gasteiger partial charge >= 0.3 is 0 Å². The Morgan fingerprint density at radius 3 is 2.48 bits per heavy atom. The largest absolute Gasteiger partial charge is 0.398 e. The third-order valence-corrected chi connectivity index (χ3v) is 3.48. The Kier molecular flexibility index (Phi) is 3.53. The summed E-state index contributed by atoms with van der Waals surface area (Å²) >= 11 is 11.6. The minimum atomic E-state index is -0.505. The van der Waals surface area contributed by atoms with E-state index in [0.29, 0.717) is 27.7 Å². The number of anilines is 1. The minimum Gasteiger partial charge on any atom is -0.398 e. The van der Waals surface area contributed by atoms with Crippen LogP contribution in [-0.2, 0) is 0 Å². The second kappa shape index (κ2) is 5.35. The molecule has 21 heavy (non-hydrogen) atoms. The normalized spacial score (nSPS) is 10.8. The van der Waals surface area contributed by atoms with E-state index in [1.54, 1.807) is 18.2 Å². The van der Waals surface area contributed by atoms with Crippen molar-refractivity contribution >= 4 is 28.9 Å². The molecule has 2 N–H and O–H groups in total. The van der Waals surface area contributed by atoms with Crippen LogP contribution in [0.25, 0.3) is 22.8 Å². The number of nitrogens with zero attached hydrogens (tertiary/aromatic N) is 2. The van der Waals surface area contributed by atoms with Crippen LogP contribution >= 0.6 is 23.2 Å². The lowest BCUT2D eigenvalue weighted by Crippen LogP contribution is -1.87. The summed E-state index contributed by atoms with van der Waals surface area (Å²) in [6.07, 6.45) is 0. The van der Waals surface area contributed by atoms with Gasteiger partial charge in [-0.05, 0) is 36.4 Å². The van der Waals surface area contributed by atoms with Crippen molar-refractivity contribution < 1.29 is 8.91 Å². The lowest BCUT2D eigenvalue weighted by molar-refractivity contribution is 0.432. The second-order valence-electron chi connectivity index (χ2n) is 4.29. The van der Waals surface area contributed by atoms with Gasteiger partial charge in [-0.2, -0.15) is 4.98 Å². The molecule has 0 unspecified atom stereocenters. The van der Waals surface area contributed by atoms with Gasteiger partial charge in [-0.3, -0.25) is 0 Å². The first-order chi connectivity index (χ1) is 10.0. The summed E-state index contributed by atoms with van der Waals surface area (Å²) in [6, 6.07) is 9.19. The monoisotopic (exact) mass is 323 g/mol. The van der Waals surface area contributed by atoms with Crippen LogP contribution < -0.4 is 5.73 Å². The number of hydrogen-bond acceptors (Lipinski definition) is 4. The first kappa shape index (κ1) is 13.9. The fraction of sp³-hybridized carbons (Fsp3) is 0. The SMILES string of the molecule is Nc1cc(-c2nc(-c3ccc(F)c(Cl)c3)no2)ccc1Cl. The van der Waals surface area contributed by atoms with Gasteiger partial charge in [-0.25, -0.2) is 4.39 Å². The molecule has 0 saturated heterocycles. The zero-order chi connectivity index (χ0) is 15.0. The fourth-order valence-electron chi connectivity index (χ4n) is 1.77. The third-order valence-electron chi connectivity index (χ3n) is 2.85. The molecular weight excluding hydrogens is 316 g/mol. The van der Waals surface area contributed by atoms with Crippen LogP contribution in [0, 0.1) is 5.82 Å². The van der Waals surface area contributed by atoms with Crippen molar-refractivity contribution in [3.05, 3.63) is 52.3 Å². The Morgan fingerprint density at radius 2 is 1.76 bits per heavy atom. The molecule has 0 spiro atoms. The van der Waals surface area contributed by atoms with E-state index in [1.807, 2.05) is 0 Å². The summed E-state index contributed by atoms with van der Waals surface area (Å²) in [5.41, 5.74) is 7.34. The molecule has 1 aromatic heterocycles. The maximum Gasteiger partial charge on any atom is 0.258 e. The lowest BCUT2D eigenvalue weighted by Gasteiger charge is -1.99. The van der Waals surface area contributed by atoms with Crippen LogP contribution in [0.2, 0.25) is 10.0 Å². The van der Waals surface area contributed by atoms with Gasteiger partial charge in [0.2, 0.25) is 5.82 Å². The van der Waals surface area contributed by atoms with Gasteiger partial charge in [0.15, 0.2) is 0 Å². The molecule has 0 fully saturated rings. The van der Waals surface area contributed by atoms with Crippen molar-refractivity contribution in [3.8, 4) is 22.8 Å². The van der Waals surface area contributed by atoms with E-state index in [0.717, 1.165) is 0 Å². The summed E-state index contributed by atoms with van der Waals surface area (Å²) in [6.45, 7) is 0. The Balaban J connectivity index is 1.99. The molecule has 0 aliphatic rings. The van der Waals surface area contributed by atoms with Gasteiger partial charge in [-0.1, -0.05) is 28.4 Å². The molecule has 0 aliphatic carbocycles. The molecule has 1 heterocycles. The van der Waals surface area contributed by atoms with Crippen LogP contribution in [0.3, 0.4) is 0 Å². The highest BCUT2D eigenvalue weighted by molar-refractivity contribution is 6.33. The second-order valence-corrected chi connectivity index (χ2v) is 5.10. The van der Waals surface area contributed by atoms with Gasteiger partial charge in [0, 0.05) is 11.1 Å². The van der Waals surface area contributed by atoms with Crippen LogP contribution in [0.1, 0.15) is 0 Å². The molecule has 106 valence electrons. The molecule has 0 aliphatic heterocycles. The number of nitrogen functional groups attached to an aromatic ring is 1. The molecule has 2 aromatic carbocycles. The minimum absolute atomic E-state index is 0.00501. The van der Waals surface area contributed by atoms with Crippen molar-refractivity contribution in [2.24, 2.45) is 0 Å². The highest BCUT2D eigenvalue weighted by Gasteiger charge is 2.13. The van der Waals surface area contributed by atoms with Crippen molar-refractivity contribution in [2.45, 2.75) is 0 Å². The van der Waals surface area contributed by atoms with E-state index in [-0.39, 0.29) is 10.9 Å². The Morgan fingerprint density at radius 1 is 1.00 bits per heavy atom. The molecule has 0 saturated carbocycles. The van der Waals surface area contributed by atoms with Gasteiger partial charge in [0.1, 0.15) is 5.82 Å². The highest BCUT2D eigenvalue weighted by atomic mass is 35.5. The number of nitrogens with two attached hydrogens (primary N) is 1. The van der Waals surface area contributed by atoms with Crippen LogP contribution in [-0.4, -0.2) is 10.1 Å². The van der Waals surface area contributed by atoms with Crippen molar-refractivity contribution in [2.75, 3.05) is 5.73 Å². The lowest BCUT2D eigenvalue weighted by atomic mass is 10.2. The van der Waals surface area contributed by atoms with E-state index in [9.17, 15) is 4.39 Å². The topological polar surface area (TPSA) is 64.9 Å². The number of rotatable bonds is 2. The maximum absolute atomic E-state index is 13.1. The van der Waals surface area contributed by atoms with Gasteiger partial charge in [0.25, 0.3) is 5.89 Å². The number of benzene rings is 2. The zero-order valence-corrected chi connectivity index (χ0v) is 12.0. The first-order valence-corrected chi connectivity index (χ1v) is 6.65. The Labute approximate surface area is 129 Å². The summed E-state index contributed by atoms with van der Waals surface area (Å²) in [7, 11) is 0. The van der Waals surface area contributed by atoms with Crippen molar-refractivity contribution in [1.29, 1.82) is 0 Å². The molecule has 0 bridgehead atoms. The molecule has 0 radical (unpaired) electrons. The van der Waals surface area contributed by atoms with Crippen LogP contribution in [0.15, 0.2) is 40.9 Å². The Bertz CT molecular complexity index is 754. The van der Waals surface area contributed by atoms with Gasteiger partial charge in [0.05, 0.1) is 15.7 Å². The van der Waals surface area contributed by atoms with Crippen molar-refractivity contribution in [1.82, 2.24) is 10.1 Å². The summed E-state index contributed by atoms with van der Waals surface area (Å²) in [5.74, 6) is 0.0869. The standard InChI is InChI=1S/C14H8Cl2FN3O/c15-9-3-1-8(6-12(9)18)14-19-13(20-21-14)7-2-4-11(17)10(16)5-7/h1-6H,18H2. The first-order valence-electron chi connectivity index (χ1n) is 5.89. The molecule has 0 atom stereocenters. The quantitative estimate of drug-likeness (QED) is 0.708. The average Bonchev–Trinajstić information content (AvgIpc) is 2.94. The molecule has 3 rings (SSSR count). The average molecular weight is 324 g/mol. The molecule has 0 amide bonds. The smallest absolute Gasteiger partial charge is 0.258 e.